The molecule has 12 rings (SSSR count). The summed E-state index contributed by atoms with van der Waals surface area (Å²) in [7, 11) is 0. The minimum Gasteiger partial charge on any atom is -0.478 e. The van der Waals surface area contributed by atoms with Crippen molar-refractivity contribution in [2.75, 3.05) is 13.2 Å². The normalized spacial score (nSPS) is 40.6. The zero-order valence-corrected chi connectivity index (χ0v) is 74.2. The smallest absolute Gasteiger partial charge is 0.347 e. The van der Waals surface area contributed by atoms with E-state index in [0.717, 1.165) is 16.7 Å². The molecule has 13 unspecified atom stereocenters. The number of aliphatic imine (C=N–C) groups is 1. The van der Waals surface area contributed by atoms with Gasteiger partial charge in [0.1, 0.15) is 35.6 Å². The third kappa shape index (κ3) is 12.9. The van der Waals surface area contributed by atoms with Crippen LogP contribution in [0.3, 0.4) is 0 Å². The summed E-state index contributed by atoms with van der Waals surface area (Å²) in [6.07, 6.45) is -7.02. The Bertz CT molecular complexity index is 3320. The number of nitrogens with zero attached hydrogens (tertiary/aromatic N) is 1. The van der Waals surface area contributed by atoms with Crippen LogP contribution < -0.4 is 0 Å². The van der Waals surface area contributed by atoms with E-state index in [4.69, 9.17) is 18.9 Å². The van der Waals surface area contributed by atoms with Crippen molar-refractivity contribution in [2.24, 2.45) is 62.2 Å². The molecule has 9 N–H and O–H groups in total. The van der Waals surface area contributed by atoms with Crippen LogP contribution in [-0.2, 0) is 38.1 Å². The molecule has 3 aliphatic heterocycles. The number of aliphatic hydroxyl groups excluding tert-OH is 4. The molecule has 3 heterocycles. The molecule has 4 bridgehead atoms. The first-order valence-electron chi connectivity index (χ1n) is 31.2. The standard InChI is InChI=1S/C32H44O8.C22H34O6.C16H13NO3.4Ac/c1-16-13-22-31(37,15-39-22)26-19(4)32(38)14-21(40-28(36)24(33)17(2)20-11-9-8-10-12-20)18(3)23(29(32,5)6)25(34)27(35)30(16,26)7;1-10-7-14-21(26,9-28-14)17-12(3)22(27)8-13(23)11(2)15(19(22,4)5)16(24)18(25)20(10,17)6;18-16(19)14-13(11-7-3-1-4-8-11)17-15(20-14)12-9-5-2-6-10-12;;;;/h8-12,16-17,19,21-22,24-26,33-34,37-38H,13-15H2,1-7H3;10,12-14,16-17,23-24,26-27H,7-9H2,1-6H3;1-10,13-14H,(H,18,19);;;;/t16-,17-,19-,21?,22?,24?,25?,26?,30+,31-,32?;10-,12-,13?,14?,16?,17?,20+,21-,22?;;;;;/m00...../s1. The Balaban J connectivity index is 0.000000227. The number of ether oxygens (including phenoxy) is 4. The van der Waals surface area contributed by atoms with Gasteiger partial charge in [0, 0.05) is 234 Å². The van der Waals surface area contributed by atoms with Gasteiger partial charge in [-0.2, -0.15) is 0 Å². The van der Waals surface area contributed by atoms with Crippen molar-refractivity contribution in [3.8, 4) is 0 Å². The van der Waals surface area contributed by atoms with Crippen LogP contribution in [0.1, 0.15) is 144 Å². The number of aliphatic carboxylic acids is 1. The van der Waals surface area contributed by atoms with E-state index in [9.17, 15) is 65.1 Å². The van der Waals surface area contributed by atoms with Crippen LogP contribution in [-0.4, -0.2) is 160 Å². The van der Waals surface area contributed by atoms with E-state index >= 15 is 0 Å². The Morgan fingerprint density at radius 3 is 1.46 bits per heavy atom. The van der Waals surface area contributed by atoms with Crippen LogP contribution in [0.25, 0.3) is 0 Å². The third-order valence-electron chi connectivity index (χ3n) is 24.1. The maximum Gasteiger partial charge on any atom is 0.347 e. The molecule has 0 aromatic heterocycles. The first-order chi connectivity index (χ1) is 41.0. The molecule has 22 atom stereocenters. The number of esters is 1. The van der Waals surface area contributed by atoms with Crippen molar-refractivity contribution in [3.63, 3.8) is 0 Å². The molecule has 6 aliphatic carbocycles. The predicted molar refractivity (Wildman–Crippen MR) is 324 cm³/mol. The van der Waals surface area contributed by atoms with E-state index in [2.05, 4.69) is 4.99 Å². The topological polar surface area (TPSA) is 300 Å². The first-order valence-corrected chi connectivity index (χ1v) is 31.2. The van der Waals surface area contributed by atoms with E-state index in [-0.39, 0.29) is 226 Å². The number of benzene rings is 3. The van der Waals surface area contributed by atoms with Gasteiger partial charge in [-0.3, -0.25) is 9.59 Å². The number of carbonyl (C=O) groups excluding carboxylic acids is 3. The molecular formula is C70H91Ac4NO17. The van der Waals surface area contributed by atoms with Gasteiger partial charge < -0.3 is 64.9 Å². The fourth-order valence-corrected chi connectivity index (χ4v) is 18.3. The molecule has 3 aromatic carbocycles. The Labute approximate surface area is 683 Å². The average molecular weight is 2130 g/mol. The fraction of sp³-hybridized carbons (Fsp3) is 0.614. The predicted octanol–water partition coefficient (Wildman–Crippen LogP) is 6.77. The molecule has 18 nitrogen and oxygen atoms in total. The van der Waals surface area contributed by atoms with Gasteiger partial charge in [0.15, 0.2) is 17.7 Å². The number of aliphatic hydroxyl groups is 8. The molecule has 4 saturated carbocycles. The Kier molecular flexibility index (Phi) is 26.2. The minimum atomic E-state index is -1.57. The van der Waals surface area contributed by atoms with E-state index in [1.807, 2.05) is 146 Å². The molecule has 4 radical (unpaired) electrons. The first kappa shape index (κ1) is 81.2. The summed E-state index contributed by atoms with van der Waals surface area (Å²) in [6, 6.07) is 27.3. The number of hydrogen-bond acceptors (Lipinski definition) is 17. The van der Waals surface area contributed by atoms with Crippen LogP contribution in [0.2, 0.25) is 0 Å². The monoisotopic (exact) mass is 2130 g/mol. The van der Waals surface area contributed by atoms with Gasteiger partial charge in [0.2, 0.25) is 12.0 Å². The largest absolute Gasteiger partial charge is 0.478 e. The summed E-state index contributed by atoms with van der Waals surface area (Å²) < 4.78 is 22.8. The Hall–Kier alpha value is 0.256. The summed E-state index contributed by atoms with van der Waals surface area (Å²) in [6.45, 7) is 23.9. The van der Waals surface area contributed by atoms with Gasteiger partial charge in [0.25, 0.3) is 0 Å². The molecule has 22 heteroatoms. The van der Waals surface area contributed by atoms with Crippen molar-refractivity contribution >= 4 is 29.4 Å². The number of hydrogen-bond donors (Lipinski definition) is 9. The molecular weight excluding hydrogens is 2030 g/mol. The zero-order chi connectivity index (χ0) is 64.6. The Morgan fingerprint density at radius 1 is 0.620 bits per heavy atom. The molecule has 9 aliphatic rings. The molecule has 0 amide bonds. The van der Waals surface area contributed by atoms with Crippen molar-refractivity contribution in [2.45, 2.75) is 199 Å². The maximum absolute atomic E-state index is 14.3. The van der Waals surface area contributed by atoms with E-state index in [1.54, 1.807) is 34.6 Å². The average Bonchev–Trinajstić information content (AvgIpc) is 0.743. The van der Waals surface area contributed by atoms with E-state index in [0.29, 0.717) is 41.0 Å². The number of fused-ring (bicyclic) bond motifs is 10. The number of rotatable bonds is 7. The molecule has 92 heavy (non-hydrogen) atoms. The van der Waals surface area contributed by atoms with Gasteiger partial charge >= 0.3 is 11.9 Å². The van der Waals surface area contributed by atoms with Crippen molar-refractivity contribution in [1.82, 2.24) is 0 Å². The van der Waals surface area contributed by atoms with Crippen LogP contribution in [0, 0.1) is 233 Å². The SMILES string of the molecule is CC1=C2C(O)C(=O)[C@@]3(C)C([C@H](C)C(O)(CC1O)C2(C)C)[C@]1(O)COC1C[C@@H]3C.CC1=C2C(O)C(=O)[C@@]3(C)C([C@H](C)C(O)(CC1OC(=O)C(O)[C@@H](C)c1ccccc1)C2(C)C)[C@]1(O)COC1C[C@@H]3C.O=C(O)C1OC(c2ccccc2)=NC1c1ccccc1.[Ac].[Ac].[Ac].[Ac]. The molecule has 0 spiro atoms. The van der Waals surface area contributed by atoms with Gasteiger partial charge in [0.05, 0.1) is 42.7 Å². The zero-order valence-electron chi connectivity index (χ0n) is 55.2. The summed E-state index contributed by atoms with van der Waals surface area (Å²) in [5.74, 6) is -5.44. The van der Waals surface area contributed by atoms with Crippen molar-refractivity contribution in [1.29, 1.82) is 0 Å². The van der Waals surface area contributed by atoms with Crippen molar-refractivity contribution < 1.29 is 260 Å². The van der Waals surface area contributed by atoms with Crippen LogP contribution in [0.4, 0.5) is 0 Å². The van der Waals surface area contributed by atoms with Crippen LogP contribution in [0.15, 0.2) is 118 Å². The molecule has 490 valence electrons. The number of Topliss-reactive ketones (excluding diaryl/α,β-unsaturated/α-hetero) is 2. The van der Waals surface area contributed by atoms with Gasteiger partial charge in [-0.1, -0.05) is 155 Å². The minimum absolute atomic E-state index is 0. The number of ketones is 2. The van der Waals surface area contributed by atoms with Gasteiger partial charge in [-0.15, -0.1) is 0 Å². The maximum atomic E-state index is 14.3. The summed E-state index contributed by atoms with van der Waals surface area (Å²) in [5, 5.41) is 102. The van der Waals surface area contributed by atoms with Crippen LogP contribution >= 0.6 is 0 Å². The van der Waals surface area contributed by atoms with Gasteiger partial charge in [-0.25, -0.2) is 14.6 Å². The molecule has 3 aromatic rings. The fourth-order valence-electron chi connectivity index (χ4n) is 18.3. The number of carbonyl (C=O) groups is 4. The number of carboxylic acid groups (broad SMARTS) is 1. The summed E-state index contributed by atoms with van der Waals surface area (Å²) in [5.41, 5.74) is -5.39. The molecule has 6 fully saturated rings. The summed E-state index contributed by atoms with van der Waals surface area (Å²) >= 11 is 0. The Morgan fingerprint density at radius 2 is 1.03 bits per heavy atom. The second-order valence-electron chi connectivity index (χ2n) is 28.8. The van der Waals surface area contributed by atoms with E-state index in [1.165, 1.54) is 0 Å². The second kappa shape index (κ2) is 29.7. The summed E-state index contributed by atoms with van der Waals surface area (Å²) in [4.78, 5) is 57.1. The van der Waals surface area contributed by atoms with Gasteiger partial charge in [-0.05, 0) is 95.9 Å². The van der Waals surface area contributed by atoms with Crippen molar-refractivity contribution in [3.05, 3.63) is 130 Å². The molecule has 2 saturated heterocycles. The second-order valence-corrected chi connectivity index (χ2v) is 28.8. The quantitative estimate of drug-likeness (QED) is 0.0871. The van der Waals surface area contributed by atoms with Crippen LogP contribution in [0.5, 0.6) is 0 Å². The third-order valence-corrected chi connectivity index (χ3v) is 24.1. The number of carboxylic acids is 1. The van der Waals surface area contributed by atoms with E-state index < -0.39 is 140 Å².